The second kappa shape index (κ2) is 7.06. The van der Waals surface area contributed by atoms with E-state index in [0.29, 0.717) is 44.3 Å². The van der Waals surface area contributed by atoms with E-state index in [1.54, 1.807) is 7.11 Å². The van der Waals surface area contributed by atoms with Crippen LogP contribution in [0.5, 0.6) is 5.75 Å². The molecule has 0 radical (unpaired) electrons. The molecule has 3 fully saturated rings. The second-order valence-corrected chi connectivity index (χ2v) is 8.59. The molecule has 1 aliphatic carbocycles. The predicted molar refractivity (Wildman–Crippen MR) is 108 cm³/mol. The Balaban J connectivity index is 1.43. The maximum atomic E-state index is 13.4. The van der Waals surface area contributed by atoms with Crippen LogP contribution in [0.25, 0.3) is 10.9 Å². The van der Waals surface area contributed by atoms with Gasteiger partial charge in [-0.05, 0) is 43.4 Å². The highest BCUT2D eigenvalue weighted by molar-refractivity contribution is 5.98. The maximum absolute atomic E-state index is 13.4. The molecule has 1 aromatic carbocycles. The first-order chi connectivity index (χ1) is 14.1. The quantitative estimate of drug-likeness (QED) is 0.860. The number of carbonyl (C=O) groups excluding carboxylic acids is 2. The third-order valence-electron chi connectivity index (χ3n) is 6.52. The summed E-state index contributed by atoms with van der Waals surface area (Å²) < 4.78 is 11.0. The maximum Gasteiger partial charge on any atom is 0.270 e. The third-order valence-corrected chi connectivity index (χ3v) is 6.52. The molecule has 1 saturated carbocycles. The number of rotatable bonds is 4. The van der Waals surface area contributed by atoms with Gasteiger partial charge in [0.25, 0.3) is 5.91 Å². The fourth-order valence-electron chi connectivity index (χ4n) is 4.63. The molecule has 2 saturated heterocycles. The minimum absolute atomic E-state index is 0.0625. The molecule has 1 aromatic heterocycles. The normalized spacial score (nSPS) is 25.1. The highest BCUT2D eigenvalue weighted by Gasteiger charge is 2.48. The van der Waals surface area contributed by atoms with Gasteiger partial charge < -0.3 is 24.3 Å². The number of amides is 2. The Morgan fingerprint density at radius 2 is 2.21 bits per heavy atom. The number of nitrogens with zero attached hydrogens (tertiary/aromatic N) is 2. The predicted octanol–water partition coefficient (Wildman–Crippen LogP) is 2.42. The summed E-state index contributed by atoms with van der Waals surface area (Å²) in [7, 11) is 1.63. The monoisotopic (exact) mass is 397 g/mol. The average Bonchev–Trinajstić information content (AvgIpc) is 3.30. The molecule has 2 aliphatic heterocycles. The van der Waals surface area contributed by atoms with Crippen LogP contribution in [0.2, 0.25) is 0 Å². The highest BCUT2D eigenvalue weighted by atomic mass is 16.5. The van der Waals surface area contributed by atoms with Crippen LogP contribution in [0, 0.1) is 5.92 Å². The van der Waals surface area contributed by atoms with Gasteiger partial charge >= 0.3 is 0 Å². The van der Waals surface area contributed by atoms with Crippen molar-refractivity contribution in [2.24, 2.45) is 5.92 Å². The summed E-state index contributed by atoms with van der Waals surface area (Å²) in [6, 6.07) is 7.60. The van der Waals surface area contributed by atoms with Gasteiger partial charge in [-0.3, -0.25) is 9.59 Å². The number of hydrogen-bond acceptors (Lipinski definition) is 4. The standard InChI is InChI=1S/C22H27N3O4/c1-28-17-5-4-16-10-19(23-18(16)11-17)21(27)24-8-6-20(26)25(12-15-2-3-15)22(13-24)7-9-29-14-22/h4-5,10-11,15,23H,2-3,6-9,12-14H2,1H3. The number of benzene rings is 1. The lowest BCUT2D eigenvalue weighted by atomic mass is 9.95. The van der Waals surface area contributed by atoms with Crippen molar-refractivity contribution in [3.05, 3.63) is 30.0 Å². The van der Waals surface area contributed by atoms with E-state index >= 15 is 0 Å². The van der Waals surface area contributed by atoms with Crippen LogP contribution >= 0.6 is 0 Å². The van der Waals surface area contributed by atoms with E-state index in [2.05, 4.69) is 4.98 Å². The average molecular weight is 397 g/mol. The van der Waals surface area contributed by atoms with Gasteiger partial charge in [0, 0.05) is 49.6 Å². The SMILES string of the molecule is COc1ccc2cc(C(=O)N3CCC(=O)N(CC4CC4)C4(CCOC4)C3)[nH]c2c1. The van der Waals surface area contributed by atoms with Crippen molar-refractivity contribution in [3.63, 3.8) is 0 Å². The van der Waals surface area contributed by atoms with Crippen molar-refractivity contribution in [1.29, 1.82) is 0 Å². The zero-order valence-electron chi connectivity index (χ0n) is 16.8. The van der Waals surface area contributed by atoms with E-state index in [1.165, 1.54) is 12.8 Å². The van der Waals surface area contributed by atoms with Crippen molar-refractivity contribution < 1.29 is 19.1 Å². The summed E-state index contributed by atoms with van der Waals surface area (Å²) in [6.45, 7) is 2.93. The van der Waals surface area contributed by atoms with Gasteiger partial charge in [0.1, 0.15) is 11.4 Å². The number of ether oxygens (including phenoxy) is 2. The first-order valence-corrected chi connectivity index (χ1v) is 10.4. The summed E-state index contributed by atoms with van der Waals surface area (Å²) in [5.74, 6) is 1.45. The zero-order chi connectivity index (χ0) is 20.0. The fourth-order valence-corrected chi connectivity index (χ4v) is 4.63. The van der Waals surface area contributed by atoms with E-state index in [4.69, 9.17) is 9.47 Å². The van der Waals surface area contributed by atoms with Crippen LogP contribution in [0.1, 0.15) is 36.2 Å². The molecule has 1 N–H and O–H groups in total. The van der Waals surface area contributed by atoms with Crippen LogP contribution in [-0.2, 0) is 9.53 Å². The topological polar surface area (TPSA) is 74.9 Å². The number of nitrogens with one attached hydrogen (secondary N) is 1. The molecule has 2 amide bonds. The smallest absolute Gasteiger partial charge is 0.270 e. The zero-order valence-corrected chi connectivity index (χ0v) is 16.8. The summed E-state index contributed by atoms with van der Waals surface area (Å²) >= 11 is 0. The van der Waals surface area contributed by atoms with Gasteiger partial charge in [-0.25, -0.2) is 0 Å². The molecule has 3 heterocycles. The number of methoxy groups -OCH3 is 1. The van der Waals surface area contributed by atoms with E-state index in [-0.39, 0.29) is 17.4 Å². The van der Waals surface area contributed by atoms with Crippen molar-refractivity contribution in [2.45, 2.75) is 31.2 Å². The largest absolute Gasteiger partial charge is 0.497 e. The minimum atomic E-state index is -0.388. The van der Waals surface area contributed by atoms with E-state index in [0.717, 1.165) is 29.6 Å². The van der Waals surface area contributed by atoms with Gasteiger partial charge in [-0.2, -0.15) is 0 Å². The molecular weight excluding hydrogens is 370 g/mol. The molecule has 0 bridgehead atoms. The second-order valence-electron chi connectivity index (χ2n) is 8.59. The summed E-state index contributed by atoms with van der Waals surface area (Å²) in [5, 5.41) is 0.967. The molecule has 1 unspecified atom stereocenters. The Morgan fingerprint density at radius 1 is 1.34 bits per heavy atom. The lowest BCUT2D eigenvalue weighted by Gasteiger charge is -2.40. The van der Waals surface area contributed by atoms with Crippen molar-refractivity contribution in [3.8, 4) is 5.75 Å². The van der Waals surface area contributed by atoms with E-state index < -0.39 is 0 Å². The lowest BCUT2D eigenvalue weighted by Crippen LogP contribution is -2.57. The van der Waals surface area contributed by atoms with Gasteiger partial charge in [-0.1, -0.05) is 0 Å². The van der Waals surface area contributed by atoms with Crippen LogP contribution in [0.4, 0.5) is 0 Å². The Bertz CT molecular complexity index is 943. The molecule has 3 aliphatic rings. The first-order valence-electron chi connectivity index (χ1n) is 10.4. The fraction of sp³-hybridized carbons (Fsp3) is 0.545. The first kappa shape index (κ1) is 18.5. The number of hydrogen-bond donors (Lipinski definition) is 1. The molecule has 7 heteroatoms. The lowest BCUT2D eigenvalue weighted by molar-refractivity contribution is -0.136. The van der Waals surface area contributed by atoms with Crippen LogP contribution in [0.3, 0.4) is 0 Å². The molecule has 154 valence electrons. The Morgan fingerprint density at radius 3 is 2.93 bits per heavy atom. The summed E-state index contributed by atoms with van der Waals surface area (Å²) in [4.78, 5) is 33.4. The molecule has 29 heavy (non-hydrogen) atoms. The third kappa shape index (κ3) is 3.37. The molecular formula is C22H27N3O4. The number of fused-ring (bicyclic) bond motifs is 1. The molecule has 5 rings (SSSR count). The summed E-state index contributed by atoms with van der Waals surface area (Å²) in [6.07, 6.45) is 3.55. The molecule has 1 spiro atoms. The minimum Gasteiger partial charge on any atom is -0.497 e. The van der Waals surface area contributed by atoms with Gasteiger partial charge in [-0.15, -0.1) is 0 Å². The number of aromatic nitrogens is 1. The number of carbonyl (C=O) groups is 2. The number of H-pyrrole nitrogens is 1. The van der Waals surface area contributed by atoms with E-state index in [1.807, 2.05) is 34.1 Å². The molecule has 7 nitrogen and oxygen atoms in total. The van der Waals surface area contributed by atoms with E-state index in [9.17, 15) is 9.59 Å². The molecule has 2 aromatic rings. The van der Waals surface area contributed by atoms with Gasteiger partial charge in [0.05, 0.1) is 19.3 Å². The highest BCUT2D eigenvalue weighted by Crippen LogP contribution is 2.37. The number of aromatic amines is 1. The van der Waals surface area contributed by atoms with Gasteiger partial charge in [0.15, 0.2) is 0 Å². The van der Waals surface area contributed by atoms with Crippen LogP contribution in [0.15, 0.2) is 24.3 Å². The molecule has 1 atom stereocenters. The summed E-state index contributed by atoms with van der Waals surface area (Å²) in [5.41, 5.74) is 1.03. The Labute approximate surface area is 169 Å². The van der Waals surface area contributed by atoms with Crippen LogP contribution in [-0.4, -0.2) is 72.1 Å². The van der Waals surface area contributed by atoms with Crippen molar-refractivity contribution >= 4 is 22.7 Å². The van der Waals surface area contributed by atoms with Crippen molar-refractivity contribution in [1.82, 2.24) is 14.8 Å². The van der Waals surface area contributed by atoms with Crippen LogP contribution < -0.4 is 4.74 Å². The Hall–Kier alpha value is -2.54. The van der Waals surface area contributed by atoms with Gasteiger partial charge in [0.2, 0.25) is 5.91 Å². The Kier molecular flexibility index (Phi) is 4.50. The van der Waals surface area contributed by atoms with Crippen molar-refractivity contribution in [2.75, 3.05) is 40.0 Å².